The maximum Gasteiger partial charge on any atom is 0.244 e. The van der Waals surface area contributed by atoms with Gasteiger partial charge < -0.3 is 30.9 Å². The zero-order valence-electron chi connectivity index (χ0n) is 23.8. The zero-order valence-corrected chi connectivity index (χ0v) is 23.8. The number of hydrogen-bond acceptors (Lipinski definition) is 8. The van der Waals surface area contributed by atoms with Crippen LogP contribution in [0.4, 0.5) is 10.1 Å². The van der Waals surface area contributed by atoms with Gasteiger partial charge in [0.15, 0.2) is 17.9 Å². The second kappa shape index (κ2) is 13.5. The molecule has 1 fully saturated rings. The summed E-state index contributed by atoms with van der Waals surface area (Å²) in [4.78, 5) is 62.3. The van der Waals surface area contributed by atoms with Gasteiger partial charge in [-0.05, 0) is 56.5 Å². The van der Waals surface area contributed by atoms with E-state index in [0.29, 0.717) is 23.2 Å². The largest absolute Gasteiger partial charge is 0.486 e. The summed E-state index contributed by atoms with van der Waals surface area (Å²) < 4.78 is 20.1. The highest BCUT2D eigenvalue weighted by Crippen LogP contribution is 2.36. The van der Waals surface area contributed by atoms with Crippen LogP contribution in [-0.4, -0.2) is 63.8 Å². The van der Waals surface area contributed by atoms with Gasteiger partial charge >= 0.3 is 0 Å². The van der Waals surface area contributed by atoms with Crippen molar-refractivity contribution in [3.8, 4) is 5.75 Å². The molecule has 1 aliphatic heterocycles. The number of aliphatic hydroxyl groups is 2. The molecule has 5 amide bonds. The number of carbonyl (C=O) groups is 5. The molecule has 1 aliphatic rings. The highest BCUT2D eigenvalue weighted by molar-refractivity contribution is 6.21. The van der Waals surface area contributed by atoms with Gasteiger partial charge in [0.2, 0.25) is 29.5 Å². The molecule has 12 nitrogen and oxygen atoms in total. The van der Waals surface area contributed by atoms with Gasteiger partial charge in [-0.25, -0.2) is 4.39 Å². The molecule has 1 atom stereocenters. The molecule has 1 saturated heterocycles. The van der Waals surface area contributed by atoms with E-state index in [-0.39, 0.29) is 49.2 Å². The first kappa shape index (κ1) is 32.2. The third kappa shape index (κ3) is 7.28. The molecule has 5 N–H and O–H groups in total. The Kier molecular flexibility index (Phi) is 10.4. The first-order valence-corrected chi connectivity index (χ1v) is 13.4. The zero-order chi connectivity index (χ0) is 31.2. The molecule has 13 heteroatoms. The Morgan fingerprint density at radius 3 is 2.43 bits per heavy atom. The van der Waals surface area contributed by atoms with Crippen molar-refractivity contribution in [2.75, 3.05) is 18.4 Å². The summed E-state index contributed by atoms with van der Waals surface area (Å²) in [5.74, 6) is -3.37. The Morgan fingerprint density at radius 1 is 1.10 bits per heavy atom. The van der Waals surface area contributed by atoms with Crippen LogP contribution in [0.1, 0.15) is 56.6 Å². The van der Waals surface area contributed by atoms with Crippen molar-refractivity contribution < 1.29 is 43.3 Å². The Morgan fingerprint density at radius 2 is 1.79 bits per heavy atom. The van der Waals surface area contributed by atoms with Crippen LogP contribution in [-0.2, 0) is 30.6 Å². The molecule has 1 unspecified atom stereocenters. The molecular formula is C29H35FN4O8. The Labute approximate surface area is 242 Å². The Hall–Kier alpha value is -4.36. The van der Waals surface area contributed by atoms with Gasteiger partial charge in [-0.15, -0.1) is 0 Å². The van der Waals surface area contributed by atoms with Crippen molar-refractivity contribution in [3.63, 3.8) is 0 Å². The van der Waals surface area contributed by atoms with Gasteiger partial charge in [0.25, 0.3) is 0 Å². The van der Waals surface area contributed by atoms with Crippen molar-refractivity contribution in [3.05, 3.63) is 58.9 Å². The molecular weight excluding hydrogens is 551 g/mol. The number of halogens is 1. The monoisotopic (exact) mass is 586 g/mol. The summed E-state index contributed by atoms with van der Waals surface area (Å²) in [5, 5.41) is 26.3. The van der Waals surface area contributed by atoms with E-state index in [1.807, 2.05) is 0 Å². The number of carbonyl (C=O) groups excluding carboxylic acids is 5. The van der Waals surface area contributed by atoms with Crippen LogP contribution in [0, 0.1) is 18.2 Å². The average Bonchev–Trinajstić information content (AvgIpc) is 2.95. The highest BCUT2D eigenvalue weighted by Gasteiger charge is 2.55. The maximum atomic E-state index is 14.6. The minimum Gasteiger partial charge on any atom is -0.486 e. The van der Waals surface area contributed by atoms with Gasteiger partial charge in [-0.2, -0.15) is 0 Å². The van der Waals surface area contributed by atoms with Gasteiger partial charge in [0, 0.05) is 24.2 Å². The second-order valence-corrected chi connectivity index (χ2v) is 10.2. The topological polar surface area (TPSA) is 174 Å². The molecule has 0 aliphatic carbocycles. The van der Waals surface area contributed by atoms with Crippen LogP contribution in [0.25, 0.3) is 0 Å². The summed E-state index contributed by atoms with van der Waals surface area (Å²) >= 11 is 0. The van der Waals surface area contributed by atoms with Gasteiger partial charge in [-0.3, -0.25) is 28.9 Å². The predicted molar refractivity (Wildman–Crippen MR) is 148 cm³/mol. The van der Waals surface area contributed by atoms with Crippen molar-refractivity contribution >= 4 is 35.2 Å². The van der Waals surface area contributed by atoms with E-state index in [9.17, 15) is 38.6 Å². The average molecular weight is 587 g/mol. The lowest BCUT2D eigenvalue weighted by atomic mass is 9.77. The number of β-lactam (4-membered cyclic amide) rings is 2. The number of amides is 5. The van der Waals surface area contributed by atoms with Crippen molar-refractivity contribution in [1.29, 1.82) is 0 Å². The molecule has 226 valence electrons. The first-order chi connectivity index (χ1) is 19.8. The molecule has 1 heterocycles. The smallest absolute Gasteiger partial charge is 0.244 e. The van der Waals surface area contributed by atoms with E-state index in [2.05, 4.69) is 16.0 Å². The third-order valence-corrected chi connectivity index (χ3v) is 7.12. The van der Waals surface area contributed by atoms with E-state index in [1.54, 1.807) is 38.1 Å². The fourth-order valence-electron chi connectivity index (χ4n) is 4.35. The number of nitrogens with one attached hydrogen (secondary N) is 3. The number of anilines is 1. The first-order valence-electron chi connectivity index (χ1n) is 13.4. The second-order valence-electron chi connectivity index (χ2n) is 10.2. The van der Waals surface area contributed by atoms with E-state index in [1.165, 1.54) is 26.0 Å². The lowest BCUT2D eigenvalue weighted by molar-refractivity contribution is -0.175. The SMILES string of the molecule is CCC1(C)C(=O)N(CCC(=O)NC(C)C(=O)NCC(=O)Nc2cccc(COc3ccc(C)c(C(O)O)c3F)c2)C1=O. The molecule has 0 bridgehead atoms. The number of nitrogens with zero attached hydrogens (tertiary/aromatic N) is 1. The highest BCUT2D eigenvalue weighted by atomic mass is 19.1. The molecule has 0 aromatic heterocycles. The van der Waals surface area contributed by atoms with E-state index in [4.69, 9.17) is 4.74 Å². The number of imide groups is 1. The molecule has 2 aromatic carbocycles. The lowest BCUT2D eigenvalue weighted by Crippen LogP contribution is -2.64. The number of likely N-dealkylation sites (tertiary alicyclic amines) is 1. The molecule has 0 radical (unpaired) electrons. The minimum absolute atomic E-state index is 0.0728. The van der Waals surface area contributed by atoms with Crippen LogP contribution in [0.3, 0.4) is 0 Å². The van der Waals surface area contributed by atoms with Crippen LogP contribution < -0.4 is 20.7 Å². The quantitative estimate of drug-likeness (QED) is 0.133. The van der Waals surface area contributed by atoms with Gasteiger partial charge in [-0.1, -0.05) is 25.1 Å². The number of hydrogen-bond donors (Lipinski definition) is 5. The summed E-state index contributed by atoms with van der Waals surface area (Å²) in [6.07, 6.45) is -1.76. The van der Waals surface area contributed by atoms with Crippen molar-refractivity contribution in [1.82, 2.24) is 15.5 Å². The minimum atomic E-state index is -1.99. The van der Waals surface area contributed by atoms with E-state index < -0.39 is 41.3 Å². The summed E-state index contributed by atoms with van der Waals surface area (Å²) in [5.41, 5.74) is 0.0302. The molecule has 2 aromatic rings. The number of aliphatic hydroxyl groups excluding tert-OH is 1. The summed E-state index contributed by atoms with van der Waals surface area (Å²) in [7, 11) is 0. The van der Waals surface area contributed by atoms with Crippen molar-refractivity contribution in [2.45, 2.75) is 59.5 Å². The number of rotatable bonds is 13. The number of aryl methyl sites for hydroxylation is 1. The Bertz CT molecular complexity index is 1360. The maximum absolute atomic E-state index is 14.6. The van der Waals surface area contributed by atoms with Crippen LogP contribution >= 0.6 is 0 Å². The molecule has 3 rings (SSSR count). The predicted octanol–water partition coefficient (Wildman–Crippen LogP) is 1.43. The fraction of sp³-hybridized carbons (Fsp3) is 0.414. The van der Waals surface area contributed by atoms with E-state index >= 15 is 0 Å². The number of benzene rings is 2. The normalized spacial score (nSPS) is 14.7. The molecule has 0 spiro atoms. The van der Waals surface area contributed by atoms with Crippen LogP contribution in [0.5, 0.6) is 5.75 Å². The van der Waals surface area contributed by atoms with Crippen LogP contribution in [0.15, 0.2) is 36.4 Å². The van der Waals surface area contributed by atoms with E-state index in [0.717, 1.165) is 4.90 Å². The van der Waals surface area contributed by atoms with Crippen LogP contribution in [0.2, 0.25) is 0 Å². The Balaban J connectivity index is 1.43. The lowest BCUT2D eigenvalue weighted by Gasteiger charge is -2.43. The third-order valence-electron chi connectivity index (χ3n) is 7.12. The molecule has 0 saturated carbocycles. The molecule has 42 heavy (non-hydrogen) atoms. The van der Waals surface area contributed by atoms with Gasteiger partial charge in [0.05, 0.1) is 6.54 Å². The fourth-order valence-corrected chi connectivity index (χ4v) is 4.35. The summed E-state index contributed by atoms with van der Waals surface area (Å²) in [6, 6.07) is 8.44. The van der Waals surface area contributed by atoms with Crippen molar-refractivity contribution in [2.24, 2.45) is 5.41 Å². The number of ether oxygens (including phenoxy) is 1. The van der Waals surface area contributed by atoms with Gasteiger partial charge in [0.1, 0.15) is 18.1 Å². The standard InChI is InChI=1S/C29H35FN4O8/c1-5-29(4)27(40)34(28(29)41)12-11-21(35)32-17(3)25(37)31-14-22(36)33-19-8-6-7-18(13-19)15-42-20-10-9-16(2)23(24(20)30)26(38)39/h6-10,13,17,26,38-39H,5,11-12,14-15H2,1-4H3,(H,31,37)(H,32,35)(H,33,36). The summed E-state index contributed by atoms with van der Waals surface area (Å²) in [6.45, 7) is 5.75.